The van der Waals surface area contributed by atoms with Crippen molar-refractivity contribution in [2.24, 2.45) is 10.2 Å². The fourth-order valence-electron chi connectivity index (χ4n) is 3.21. The molecule has 0 N–H and O–H groups in total. The van der Waals surface area contributed by atoms with Crippen molar-refractivity contribution in [3.05, 3.63) is 95.5 Å². The summed E-state index contributed by atoms with van der Waals surface area (Å²) >= 11 is 7.30. The minimum absolute atomic E-state index is 0.0429. The molecule has 1 fully saturated rings. The molecule has 1 unspecified atom stereocenters. The lowest BCUT2D eigenvalue weighted by Gasteiger charge is -2.12. The predicted molar refractivity (Wildman–Crippen MR) is 128 cm³/mol. The van der Waals surface area contributed by atoms with Crippen LogP contribution < -0.4 is 0 Å². The van der Waals surface area contributed by atoms with Gasteiger partial charge in [-0.15, -0.1) is 11.7 Å². The van der Waals surface area contributed by atoms with Crippen molar-refractivity contribution in [3.63, 3.8) is 0 Å². The van der Waals surface area contributed by atoms with E-state index in [0.717, 1.165) is 5.56 Å². The second kappa shape index (κ2) is 9.97. The number of hydrogen-bond acceptors (Lipinski definition) is 5. The van der Waals surface area contributed by atoms with E-state index in [0.29, 0.717) is 40.2 Å². The Kier molecular flexibility index (Phi) is 6.87. The number of nitrogens with zero attached hydrogens (tertiary/aromatic N) is 3. The zero-order valence-corrected chi connectivity index (χ0v) is 18.5. The third-order valence-corrected chi connectivity index (χ3v) is 6.18. The molecule has 1 amide bonds. The molecule has 0 saturated carbocycles. The maximum Gasteiger partial charge on any atom is 0.242 e. The van der Waals surface area contributed by atoms with Gasteiger partial charge >= 0.3 is 0 Å². The van der Waals surface area contributed by atoms with Crippen LogP contribution in [0.25, 0.3) is 11.3 Å². The van der Waals surface area contributed by atoms with Crippen molar-refractivity contribution in [3.8, 4) is 11.3 Å². The number of halogens is 2. The van der Waals surface area contributed by atoms with E-state index in [4.69, 9.17) is 16.0 Å². The van der Waals surface area contributed by atoms with Crippen LogP contribution >= 0.6 is 23.4 Å². The molecule has 0 radical (unpaired) electrons. The van der Waals surface area contributed by atoms with E-state index < -0.39 is 0 Å². The van der Waals surface area contributed by atoms with Gasteiger partial charge in [0.15, 0.2) is 5.17 Å². The molecule has 1 atom stereocenters. The highest BCUT2D eigenvalue weighted by atomic mass is 35.5. The summed E-state index contributed by atoms with van der Waals surface area (Å²) in [6.07, 6.45) is 3.64. The van der Waals surface area contributed by atoms with E-state index in [1.54, 1.807) is 53.4 Å². The molecule has 1 aliphatic heterocycles. The number of amidine groups is 1. The zero-order chi connectivity index (χ0) is 22.5. The van der Waals surface area contributed by atoms with Crippen molar-refractivity contribution in [2.75, 3.05) is 6.54 Å². The molecule has 162 valence electrons. The van der Waals surface area contributed by atoms with Crippen LogP contribution in [0.1, 0.15) is 11.3 Å². The van der Waals surface area contributed by atoms with E-state index in [1.807, 2.05) is 12.1 Å². The first-order valence-electron chi connectivity index (χ1n) is 9.84. The van der Waals surface area contributed by atoms with Crippen molar-refractivity contribution in [2.45, 2.75) is 11.7 Å². The Bertz CT molecular complexity index is 1190. The number of carbonyl (C=O) groups is 1. The summed E-state index contributed by atoms with van der Waals surface area (Å²) < 4.78 is 19.6. The van der Waals surface area contributed by atoms with Crippen molar-refractivity contribution >= 4 is 40.7 Å². The van der Waals surface area contributed by atoms with Gasteiger partial charge in [-0.05, 0) is 48.4 Å². The normalized spacial score (nSPS) is 17.6. The average Bonchev–Trinajstić information content (AvgIpc) is 3.36. The van der Waals surface area contributed by atoms with Crippen LogP contribution in [0.5, 0.6) is 0 Å². The van der Waals surface area contributed by atoms with Crippen LogP contribution in [0, 0.1) is 5.82 Å². The Hall–Kier alpha value is -3.16. The lowest BCUT2D eigenvalue weighted by Crippen LogP contribution is -2.32. The largest absolute Gasteiger partial charge is 0.455 e. The predicted octanol–water partition coefficient (Wildman–Crippen LogP) is 5.80. The highest BCUT2D eigenvalue weighted by Crippen LogP contribution is 2.30. The minimum atomic E-state index is -0.363. The second-order valence-electron chi connectivity index (χ2n) is 6.98. The summed E-state index contributed by atoms with van der Waals surface area (Å²) in [6, 6.07) is 17.2. The highest BCUT2D eigenvalue weighted by Gasteiger charge is 2.37. The third kappa shape index (κ3) is 5.00. The fourth-order valence-corrected chi connectivity index (χ4v) is 4.48. The van der Waals surface area contributed by atoms with Gasteiger partial charge in [-0.25, -0.2) is 4.39 Å². The SMILES string of the molecule is C=CCN1C(=O)C(Cc2ccc(Cl)cc2)SC1=NN=Cc1ccc(-c2ccccc2F)o1. The van der Waals surface area contributed by atoms with Gasteiger partial charge in [-0.1, -0.05) is 53.7 Å². The summed E-state index contributed by atoms with van der Waals surface area (Å²) in [5.74, 6) is 0.422. The molecule has 4 rings (SSSR count). The third-order valence-electron chi connectivity index (χ3n) is 4.76. The molecule has 1 aromatic heterocycles. The summed E-state index contributed by atoms with van der Waals surface area (Å²) in [7, 11) is 0. The van der Waals surface area contributed by atoms with Crippen LogP contribution in [0.4, 0.5) is 4.39 Å². The van der Waals surface area contributed by atoms with Crippen LogP contribution in [0.2, 0.25) is 5.02 Å². The van der Waals surface area contributed by atoms with Gasteiger partial charge in [0.1, 0.15) is 17.3 Å². The van der Waals surface area contributed by atoms with E-state index in [2.05, 4.69) is 16.8 Å². The van der Waals surface area contributed by atoms with Crippen molar-refractivity contribution in [1.29, 1.82) is 0 Å². The van der Waals surface area contributed by atoms with Crippen LogP contribution in [0.15, 0.2) is 87.9 Å². The number of furan rings is 1. The van der Waals surface area contributed by atoms with Gasteiger partial charge in [0.2, 0.25) is 5.91 Å². The molecular weight excluding hydrogens is 449 g/mol. The molecule has 8 heteroatoms. The molecule has 1 saturated heterocycles. The fraction of sp³-hybridized carbons (Fsp3) is 0.125. The Morgan fingerprint density at radius 2 is 1.94 bits per heavy atom. The average molecular weight is 468 g/mol. The van der Waals surface area contributed by atoms with Gasteiger partial charge in [0.05, 0.1) is 17.0 Å². The number of hydrogen-bond donors (Lipinski definition) is 0. The van der Waals surface area contributed by atoms with Gasteiger partial charge in [-0.3, -0.25) is 9.69 Å². The van der Waals surface area contributed by atoms with E-state index in [-0.39, 0.29) is 17.0 Å². The van der Waals surface area contributed by atoms with Gasteiger partial charge in [0, 0.05) is 11.6 Å². The number of amides is 1. The van der Waals surface area contributed by atoms with E-state index in [1.165, 1.54) is 24.0 Å². The molecule has 5 nitrogen and oxygen atoms in total. The minimum Gasteiger partial charge on any atom is -0.455 e. The molecular formula is C24H19ClFN3O2S. The van der Waals surface area contributed by atoms with Gasteiger partial charge in [-0.2, -0.15) is 5.10 Å². The zero-order valence-electron chi connectivity index (χ0n) is 16.9. The van der Waals surface area contributed by atoms with Crippen LogP contribution in [-0.2, 0) is 11.2 Å². The molecule has 1 aliphatic rings. The maximum atomic E-state index is 13.9. The summed E-state index contributed by atoms with van der Waals surface area (Å²) in [6.45, 7) is 4.06. The molecule has 2 aromatic carbocycles. The standard InChI is InChI=1S/C24H19ClFN3O2S/c1-2-13-29-23(30)22(14-16-7-9-17(25)10-8-16)32-24(29)28-27-15-18-11-12-21(31-18)19-5-3-4-6-20(19)26/h2-12,15,22H,1,13-14H2. The first-order chi connectivity index (χ1) is 15.5. The van der Waals surface area contributed by atoms with Crippen molar-refractivity contribution < 1.29 is 13.6 Å². The molecule has 3 aromatic rings. The number of benzene rings is 2. The maximum absolute atomic E-state index is 13.9. The lowest BCUT2D eigenvalue weighted by atomic mass is 10.1. The Balaban J connectivity index is 1.49. The number of rotatable bonds is 7. The number of thioether (sulfide) groups is 1. The van der Waals surface area contributed by atoms with Crippen LogP contribution in [-0.4, -0.2) is 34.0 Å². The second-order valence-corrected chi connectivity index (χ2v) is 8.59. The van der Waals surface area contributed by atoms with E-state index in [9.17, 15) is 9.18 Å². The molecule has 2 heterocycles. The summed E-state index contributed by atoms with van der Waals surface area (Å²) in [5, 5.41) is 9.15. The Labute approximate surface area is 194 Å². The highest BCUT2D eigenvalue weighted by molar-refractivity contribution is 8.15. The number of carbonyl (C=O) groups excluding carboxylic acids is 1. The Morgan fingerprint density at radius 1 is 1.16 bits per heavy atom. The van der Waals surface area contributed by atoms with Gasteiger partial charge < -0.3 is 4.42 Å². The van der Waals surface area contributed by atoms with E-state index >= 15 is 0 Å². The van der Waals surface area contributed by atoms with Gasteiger partial charge in [0.25, 0.3) is 0 Å². The topological polar surface area (TPSA) is 58.2 Å². The molecule has 32 heavy (non-hydrogen) atoms. The first-order valence-corrected chi connectivity index (χ1v) is 11.1. The smallest absolute Gasteiger partial charge is 0.242 e. The quantitative estimate of drug-likeness (QED) is 0.250. The molecule has 0 spiro atoms. The molecule has 0 aliphatic carbocycles. The van der Waals surface area contributed by atoms with Crippen LogP contribution in [0.3, 0.4) is 0 Å². The first kappa shape index (κ1) is 22.0. The summed E-state index contributed by atoms with van der Waals surface area (Å²) in [4.78, 5) is 14.4. The Morgan fingerprint density at radius 3 is 2.69 bits per heavy atom. The lowest BCUT2D eigenvalue weighted by molar-refractivity contribution is -0.125. The summed E-state index contributed by atoms with van der Waals surface area (Å²) in [5.41, 5.74) is 1.39. The monoisotopic (exact) mass is 467 g/mol. The van der Waals surface area contributed by atoms with Crippen molar-refractivity contribution in [1.82, 2.24) is 4.90 Å². The molecule has 0 bridgehead atoms.